The molecule has 3 N–H and O–H groups in total. The van der Waals surface area contributed by atoms with Crippen LogP contribution in [0.5, 0.6) is 0 Å². The van der Waals surface area contributed by atoms with Crippen molar-refractivity contribution >= 4 is 23.8 Å². The molecular formula is C13H23N7O. The summed E-state index contributed by atoms with van der Waals surface area (Å²) in [7, 11) is 1.78. The van der Waals surface area contributed by atoms with Crippen LogP contribution in [0.3, 0.4) is 0 Å². The average Bonchev–Trinajstić information content (AvgIpc) is 2.50. The van der Waals surface area contributed by atoms with E-state index >= 15 is 0 Å². The quantitative estimate of drug-likeness (QED) is 0.701. The number of nitrogens with one attached hydrogen (secondary N) is 3. The zero-order valence-corrected chi connectivity index (χ0v) is 12.8. The Morgan fingerprint density at radius 1 is 1.24 bits per heavy atom. The summed E-state index contributed by atoms with van der Waals surface area (Å²) in [5.41, 5.74) is 0. The van der Waals surface area contributed by atoms with E-state index in [9.17, 15) is 4.79 Å². The molecule has 1 atom stereocenters. The van der Waals surface area contributed by atoms with Crippen molar-refractivity contribution in [1.29, 1.82) is 0 Å². The van der Waals surface area contributed by atoms with E-state index in [4.69, 9.17) is 0 Å². The van der Waals surface area contributed by atoms with Gasteiger partial charge in [0.15, 0.2) is 0 Å². The van der Waals surface area contributed by atoms with Crippen molar-refractivity contribution in [3.8, 4) is 0 Å². The molecule has 21 heavy (non-hydrogen) atoms. The maximum Gasteiger partial charge on any atom is 0.231 e. The summed E-state index contributed by atoms with van der Waals surface area (Å²) in [6, 6.07) is 0.152. The molecule has 8 heteroatoms. The second-order valence-corrected chi connectivity index (χ2v) is 4.89. The van der Waals surface area contributed by atoms with Gasteiger partial charge in [-0.1, -0.05) is 0 Å². The number of aromatic nitrogens is 3. The largest absolute Gasteiger partial charge is 0.357 e. The van der Waals surface area contributed by atoms with Crippen molar-refractivity contribution in [2.24, 2.45) is 0 Å². The van der Waals surface area contributed by atoms with Gasteiger partial charge in [0, 0.05) is 39.1 Å². The van der Waals surface area contributed by atoms with Crippen LogP contribution in [0.4, 0.5) is 17.8 Å². The van der Waals surface area contributed by atoms with Gasteiger partial charge in [-0.25, -0.2) is 0 Å². The summed E-state index contributed by atoms with van der Waals surface area (Å²) in [5.74, 6) is 1.83. The molecule has 0 aromatic carbocycles. The Hall–Kier alpha value is -2.12. The molecule has 1 aliphatic rings. The zero-order chi connectivity index (χ0) is 15.2. The fourth-order valence-electron chi connectivity index (χ4n) is 2.23. The second-order valence-electron chi connectivity index (χ2n) is 4.89. The van der Waals surface area contributed by atoms with Crippen molar-refractivity contribution in [2.75, 3.05) is 42.2 Å². The predicted molar refractivity (Wildman–Crippen MR) is 82.6 cm³/mol. The van der Waals surface area contributed by atoms with Crippen molar-refractivity contribution < 1.29 is 4.79 Å². The summed E-state index contributed by atoms with van der Waals surface area (Å²) in [4.78, 5) is 26.4. The Bertz CT molecular complexity index is 479. The number of rotatable bonds is 6. The minimum Gasteiger partial charge on any atom is -0.357 e. The molecule has 0 aliphatic carbocycles. The normalized spacial score (nSPS) is 18.0. The van der Waals surface area contributed by atoms with Gasteiger partial charge in [-0.3, -0.25) is 4.79 Å². The number of carbonyl (C=O) groups excluding carboxylic acids is 1. The second kappa shape index (κ2) is 7.05. The van der Waals surface area contributed by atoms with Crippen molar-refractivity contribution in [2.45, 2.75) is 32.7 Å². The van der Waals surface area contributed by atoms with Crippen LogP contribution in [0.2, 0.25) is 0 Å². The number of nitrogens with zero attached hydrogens (tertiary/aromatic N) is 4. The highest BCUT2D eigenvalue weighted by Gasteiger charge is 2.19. The molecule has 1 saturated heterocycles. The van der Waals surface area contributed by atoms with Gasteiger partial charge in [-0.15, -0.1) is 0 Å². The molecule has 0 bridgehead atoms. The lowest BCUT2D eigenvalue weighted by atomic mass is 10.1. The van der Waals surface area contributed by atoms with Crippen LogP contribution in [0, 0.1) is 0 Å². The Kier molecular flexibility index (Phi) is 5.13. The third-order valence-corrected chi connectivity index (χ3v) is 3.49. The first-order chi connectivity index (χ1) is 10.2. The van der Waals surface area contributed by atoms with Crippen molar-refractivity contribution in [3.05, 3.63) is 0 Å². The molecule has 1 aromatic heterocycles. The van der Waals surface area contributed by atoms with Gasteiger partial charge in [0.05, 0.1) is 0 Å². The first kappa shape index (κ1) is 15.3. The Balaban J connectivity index is 2.14. The zero-order valence-electron chi connectivity index (χ0n) is 12.8. The molecule has 1 unspecified atom stereocenters. The van der Waals surface area contributed by atoms with E-state index in [1.807, 2.05) is 0 Å². The molecule has 0 saturated carbocycles. The summed E-state index contributed by atoms with van der Waals surface area (Å²) < 4.78 is 0. The highest BCUT2D eigenvalue weighted by molar-refractivity contribution is 5.76. The molecule has 1 fully saturated rings. The molecule has 1 amide bonds. The maximum absolute atomic E-state index is 11.2. The number of carbonyl (C=O) groups is 1. The maximum atomic E-state index is 11.2. The van der Waals surface area contributed by atoms with Crippen molar-refractivity contribution in [3.63, 3.8) is 0 Å². The molecular weight excluding hydrogens is 270 g/mol. The molecule has 2 heterocycles. The first-order valence-corrected chi connectivity index (χ1v) is 7.38. The van der Waals surface area contributed by atoms with Gasteiger partial charge in [0.2, 0.25) is 23.8 Å². The van der Waals surface area contributed by atoms with E-state index in [0.717, 1.165) is 19.5 Å². The minimum absolute atomic E-state index is 0.100. The number of hydrogen-bond donors (Lipinski definition) is 3. The Morgan fingerprint density at radius 2 is 1.95 bits per heavy atom. The Morgan fingerprint density at radius 3 is 2.52 bits per heavy atom. The lowest BCUT2D eigenvalue weighted by molar-refractivity contribution is -0.122. The van der Waals surface area contributed by atoms with Crippen molar-refractivity contribution in [1.82, 2.24) is 20.3 Å². The fourth-order valence-corrected chi connectivity index (χ4v) is 2.23. The standard InChI is InChI=1S/C13H23N7O/c1-4-20(5-2)13-18-11(14-3)17-12(19-13)16-9-6-7-10(21)15-8-9/h9H,4-8H2,1-3H3,(H,15,21)(H2,14,16,17,18,19). The Labute approximate surface area is 124 Å². The lowest BCUT2D eigenvalue weighted by Gasteiger charge is -2.24. The third-order valence-electron chi connectivity index (χ3n) is 3.49. The highest BCUT2D eigenvalue weighted by atomic mass is 16.1. The van der Waals surface area contributed by atoms with Crippen LogP contribution >= 0.6 is 0 Å². The molecule has 1 aromatic rings. The summed E-state index contributed by atoms with van der Waals surface area (Å²) in [5, 5.41) is 9.07. The first-order valence-electron chi connectivity index (χ1n) is 7.38. The van der Waals surface area contributed by atoms with E-state index in [2.05, 4.69) is 49.6 Å². The SMILES string of the molecule is CCN(CC)c1nc(NC)nc(NC2CCC(=O)NC2)n1. The van der Waals surface area contributed by atoms with E-state index < -0.39 is 0 Å². The number of anilines is 3. The van der Waals surface area contributed by atoms with Gasteiger partial charge in [0.1, 0.15) is 0 Å². The smallest absolute Gasteiger partial charge is 0.231 e. The minimum atomic E-state index is 0.100. The van der Waals surface area contributed by atoms with Gasteiger partial charge in [0.25, 0.3) is 0 Å². The summed E-state index contributed by atoms with van der Waals surface area (Å²) in [6.45, 7) is 6.40. The summed E-state index contributed by atoms with van der Waals surface area (Å²) >= 11 is 0. The molecule has 0 radical (unpaired) electrons. The fraction of sp³-hybridized carbons (Fsp3) is 0.692. The topological polar surface area (TPSA) is 95.1 Å². The van der Waals surface area contributed by atoms with Gasteiger partial charge >= 0.3 is 0 Å². The van der Waals surface area contributed by atoms with Crippen LogP contribution in [0.1, 0.15) is 26.7 Å². The van der Waals surface area contributed by atoms with E-state index in [1.165, 1.54) is 0 Å². The lowest BCUT2D eigenvalue weighted by Crippen LogP contribution is -2.42. The van der Waals surface area contributed by atoms with E-state index in [1.54, 1.807) is 7.05 Å². The monoisotopic (exact) mass is 293 g/mol. The predicted octanol–water partition coefficient (Wildman–Crippen LogP) is 0.450. The van der Waals surface area contributed by atoms with Gasteiger partial charge in [-0.05, 0) is 20.3 Å². The number of amides is 1. The third kappa shape index (κ3) is 3.93. The van der Waals surface area contributed by atoms with Gasteiger partial charge < -0.3 is 20.9 Å². The van der Waals surface area contributed by atoms with Crippen LogP contribution in [-0.4, -0.2) is 53.6 Å². The molecule has 2 rings (SSSR count). The van der Waals surface area contributed by atoms with Gasteiger partial charge in [-0.2, -0.15) is 15.0 Å². The van der Waals surface area contributed by atoms with E-state index in [0.29, 0.717) is 30.8 Å². The number of hydrogen-bond acceptors (Lipinski definition) is 7. The van der Waals surface area contributed by atoms with Crippen LogP contribution in [-0.2, 0) is 4.79 Å². The average molecular weight is 293 g/mol. The van der Waals surface area contributed by atoms with E-state index in [-0.39, 0.29) is 11.9 Å². The molecule has 116 valence electrons. The molecule has 1 aliphatic heterocycles. The highest BCUT2D eigenvalue weighted by Crippen LogP contribution is 2.15. The van der Waals surface area contributed by atoms with Crippen LogP contribution < -0.4 is 20.9 Å². The molecule has 0 spiro atoms. The summed E-state index contributed by atoms with van der Waals surface area (Å²) in [6.07, 6.45) is 1.32. The number of piperidine rings is 1. The van der Waals surface area contributed by atoms with Crippen LogP contribution in [0.25, 0.3) is 0 Å². The molecule has 8 nitrogen and oxygen atoms in total. The van der Waals surface area contributed by atoms with Crippen LogP contribution in [0.15, 0.2) is 0 Å².